The summed E-state index contributed by atoms with van der Waals surface area (Å²) < 4.78 is 0. The van der Waals surface area contributed by atoms with Gasteiger partial charge in [0.1, 0.15) is 0 Å². The van der Waals surface area contributed by atoms with Crippen LogP contribution < -0.4 is 5.32 Å². The Labute approximate surface area is 112 Å². The smallest absolute Gasteiger partial charge is 0.0164 e. The summed E-state index contributed by atoms with van der Waals surface area (Å²) in [6.45, 7) is 5.65. The van der Waals surface area contributed by atoms with Gasteiger partial charge in [-0.15, -0.1) is 0 Å². The molecule has 2 rings (SSSR count). The molecule has 1 fully saturated rings. The van der Waals surface area contributed by atoms with Gasteiger partial charge in [-0.25, -0.2) is 0 Å². The zero-order valence-electron chi connectivity index (χ0n) is 11.9. The highest BCUT2D eigenvalue weighted by molar-refractivity contribution is 5.21. The van der Waals surface area contributed by atoms with E-state index in [-0.39, 0.29) is 0 Å². The van der Waals surface area contributed by atoms with E-state index in [1.54, 1.807) is 0 Å². The summed E-state index contributed by atoms with van der Waals surface area (Å²) in [4.78, 5) is 0. The van der Waals surface area contributed by atoms with E-state index in [1.807, 2.05) is 0 Å². The highest BCUT2D eigenvalue weighted by Crippen LogP contribution is 2.36. The van der Waals surface area contributed by atoms with Crippen LogP contribution in [0.4, 0.5) is 0 Å². The van der Waals surface area contributed by atoms with Crippen molar-refractivity contribution in [3.8, 4) is 0 Å². The molecule has 0 radical (unpaired) electrons. The average Bonchev–Trinajstić information content (AvgIpc) is 2.93. The molecule has 2 unspecified atom stereocenters. The van der Waals surface area contributed by atoms with Gasteiger partial charge in [0.2, 0.25) is 0 Å². The zero-order chi connectivity index (χ0) is 12.8. The fourth-order valence-electron chi connectivity index (χ4n) is 3.59. The van der Waals surface area contributed by atoms with Gasteiger partial charge in [-0.3, -0.25) is 0 Å². The molecule has 1 nitrogen and oxygen atoms in total. The maximum atomic E-state index is 3.77. The van der Waals surface area contributed by atoms with Crippen LogP contribution in [0.15, 0.2) is 30.3 Å². The first-order valence-corrected chi connectivity index (χ1v) is 7.65. The number of benzene rings is 1. The summed E-state index contributed by atoms with van der Waals surface area (Å²) >= 11 is 0. The van der Waals surface area contributed by atoms with E-state index in [9.17, 15) is 0 Å². The van der Waals surface area contributed by atoms with Crippen molar-refractivity contribution in [1.29, 1.82) is 0 Å². The number of hydrogen-bond donors (Lipinski definition) is 1. The van der Waals surface area contributed by atoms with E-state index >= 15 is 0 Å². The van der Waals surface area contributed by atoms with Crippen molar-refractivity contribution in [3.05, 3.63) is 35.9 Å². The molecule has 0 saturated heterocycles. The third-order valence-electron chi connectivity index (χ3n) is 4.45. The van der Waals surface area contributed by atoms with Crippen LogP contribution in [0.2, 0.25) is 0 Å². The molecule has 2 atom stereocenters. The maximum absolute atomic E-state index is 3.77. The second-order valence-electron chi connectivity index (χ2n) is 5.55. The normalized spacial score (nSPS) is 19.9. The molecule has 0 aromatic heterocycles. The standard InChI is InChI=1S/C17H27N/c1-3-16(14-10-6-5-7-11-14)17(18-4-2)15-12-8-9-13-15/h5-7,10-11,15-18H,3-4,8-9,12-13H2,1-2H3. The average molecular weight is 245 g/mol. The Balaban J connectivity index is 2.16. The molecule has 1 aliphatic rings. The summed E-state index contributed by atoms with van der Waals surface area (Å²) in [5, 5.41) is 3.77. The van der Waals surface area contributed by atoms with Gasteiger partial charge in [-0.1, -0.05) is 57.0 Å². The lowest BCUT2D eigenvalue weighted by atomic mass is 9.81. The Kier molecular flexibility index (Phi) is 5.25. The number of likely N-dealkylation sites (N-methyl/N-ethyl adjacent to an activating group) is 1. The van der Waals surface area contributed by atoms with E-state index < -0.39 is 0 Å². The summed E-state index contributed by atoms with van der Waals surface area (Å²) in [5.41, 5.74) is 1.51. The number of nitrogens with one attached hydrogen (secondary N) is 1. The molecule has 0 spiro atoms. The van der Waals surface area contributed by atoms with Crippen LogP contribution in [0.5, 0.6) is 0 Å². The minimum atomic E-state index is 0.671. The molecule has 18 heavy (non-hydrogen) atoms. The van der Waals surface area contributed by atoms with Crippen molar-refractivity contribution in [1.82, 2.24) is 5.32 Å². The van der Waals surface area contributed by atoms with E-state index in [0.29, 0.717) is 12.0 Å². The number of hydrogen-bond acceptors (Lipinski definition) is 1. The Hall–Kier alpha value is -0.820. The van der Waals surface area contributed by atoms with Crippen molar-refractivity contribution in [2.45, 2.75) is 57.9 Å². The van der Waals surface area contributed by atoms with E-state index in [2.05, 4.69) is 49.5 Å². The maximum Gasteiger partial charge on any atom is 0.0164 e. The van der Waals surface area contributed by atoms with E-state index in [0.717, 1.165) is 12.5 Å². The van der Waals surface area contributed by atoms with Crippen LogP contribution in [0.3, 0.4) is 0 Å². The van der Waals surface area contributed by atoms with Crippen LogP contribution >= 0.6 is 0 Å². The first kappa shape index (κ1) is 13.6. The largest absolute Gasteiger partial charge is 0.313 e. The van der Waals surface area contributed by atoms with Crippen LogP contribution in [-0.4, -0.2) is 12.6 Å². The Morgan fingerprint density at radius 2 is 1.78 bits per heavy atom. The van der Waals surface area contributed by atoms with Crippen molar-refractivity contribution in [2.24, 2.45) is 5.92 Å². The molecule has 1 heteroatoms. The van der Waals surface area contributed by atoms with Crippen molar-refractivity contribution >= 4 is 0 Å². The van der Waals surface area contributed by atoms with Gasteiger partial charge in [-0.2, -0.15) is 0 Å². The highest BCUT2D eigenvalue weighted by atomic mass is 14.9. The SMILES string of the molecule is CCNC(C1CCCC1)C(CC)c1ccccc1. The summed E-state index contributed by atoms with van der Waals surface area (Å²) in [6.07, 6.45) is 6.93. The second-order valence-corrected chi connectivity index (χ2v) is 5.55. The minimum Gasteiger partial charge on any atom is -0.313 e. The first-order valence-electron chi connectivity index (χ1n) is 7.65. The lowest BCUT2D eigenvalue weighted by molar-refractivity contribution is 0.308. The molecule has 1 saturated carbocycles. The van der Waals surface area contributed by atoms with Crippen LogP contribution in [0.1, 0.15) is 57.4 Å². The topological polar surface area (TPSA) is 12.0 Å². The molecule has 100 valence electrons. The van der Waals surface area contributed by atoms with Crippen molar-refractivity contribution < 1.29 is 0 Å². The molecule has 0 aliphatic heterocycles. The Morgan fingerprint density at radius 1 is 1.11 bits per heavy atom. The fraction of sp³-hybridized carbons (Fsp3) is 0.647. The molecule has 1 aromatic rings. The van der Waals surface area contributed by atoms with Gasteiger partial charge >= 0.3 is 0 Å². The molecule has 0 amide bonds. The summed E-state index contributed by atoms with van der Waals surface area (Å²) in [7, 11) is 0. The van der Waals surface area contributed by atoms with Gasteiger partial charge in [-0.05, 0) is 43.2 Å². The van der Waals surface area contributed by atoms with E-state index in [1.165, 1.54) is 37.7 Å². The fourth-order valence-corrected chi connectivity index (χ4v) is 3.59. The van der Waals surface area contributed by atoms with Crippen LogP contribution in [-0.2, 0) is 0 Å². The molecule has 1 aliphatic carbocycles. The van der Waals surface area contributed by atoms with Crippen molar-refractivity contribution in [2.75, 3.05) is 6.54 Å². The molecular weight excluding hydrogens is 218 g/mol. The quantitative estimate of drug-likeness (QED) is 0.785. The molecular formula is C17H27N. The highest BCUT2D eigenvalue weighted by Gasteiger charge is 2.30. The zero-order valence-corrected chi connectivity index (χ0v) is 11.9. The number of rotatable bonds is 6. The van der Waals surface area contributed by atoms with Gasteiger partial charge in [0, 0.05) is 6.04 Å². The minimum absolute atomic E-state index is 0.671. The van der Waals surface area contributed by atoms with E-state index in [4.69, 9.17) is 0 Å². The van der Waals surface area contributed by atoms with Crippen molar-refractivity contribution in [3.63, 3.8) is 0 Å². The van der Waals surface area contributed by atoms with Gasteiger partial charge in [0.05, 0.1) is 0 Å². The second kappa shape index (κ2) is 6.94. The monoisotopic (exact) mass is 245 g/mol. The molecule has 0 bridgehead atoms. The summed E-state index contributed by atoms with van der Waals surface area (Å²) in [5.74, 6) is 1.56. The molecule has 1 aromatic carbocycles. The summed E-state index contributed by atoms with van der Waals surface area (Å²) in [6, 6.07) is 11.7. The van der Waals surface area contributed by atoms with Crippen LogP contribution in [0, 0.1) is 5.92 Å². The van der Waals surface area contributed by atoms with Gasteiger partial charge in [0.25, 0.3) is 0 Å². The predicted octanol–water partition coefficient (Wildman–Crippen LogP) is 4.35. The Bertz CT molecular complexity index is 327. The third kappa shape index (κ3) is 3.14. The Morgan fingerprint density at radius 3 is 2.33 bits per heavy atom. The van der Waals surface area contributed by atoms with Gasteiger partial charge in [0.15, 0.2) is 0 Å². The lowest BCUT2D eigenvalue weighted by Gasteiger charge is -2.32. The predicted molar refractivity (Wildman–Crippen MR) is 78.9 cm³/mol. The molecule has 1 N–H and O–H groups in total. The first-order chi connectivity index (χ1) is 8.86. The van der Waals surface area contributed by atoms with Crippen LogP contribution in [0.25, 0.3) is 0 Å². The molecule has 0 heterocycles. The lowest BCUT2D eigenvalue weighted by Crippen LogP contribution is -2.40. The third-order valence-corrected chi connectivity index (χ3v) is 4.45. The van der Waals surface area contributed by atoms with Gasteiger partial charge < -0.3 is 5.32 Å².